The van der Waals surface area contributed by atoms with Gasteiger partial charge in [-0.05, 0) is 6.42 Å². The molecule has 1 aromatic rings. The quantitative estimate of drug-likeness (QED) is 0.581. The van der Waals surface area contributed by atoms with E-state index < -0.39 is 0 Å². The molecule has 0 radical (unpaired) electrons. The molecule has 1 aromatic heterocycles. The Hall–Kier alpha value is -1.10. The summed E-state index contributed by atoms with van der Waals surface area (Å²) >= 11 is 0. The third-order valence-electron chi connectivity index (χ3n) is 1.10. The fourth-order valence-electron chi connectivity index (χ4n) is 0.649. The maximum Gasteiger partial charge on any atom is 0.239 e. The number of nitrogen functional groups attached to an aromatic ring is 1. The highest BCUT2D eigenvalue weighted by Gasteiger charge is 1.93. The minimum absolute atomic E-state index is 0.166. The van der Waals surface area contributed by atoms with Crippen molar-refractivity contribution in [3.8, 4) is 0 Å². The fourth-order valence-corrected chi connectivity index (χ4v) is 0.649. The van der Waals surface area contributed by atoms with Gasteiger partial charge in [0.25, 0.3) is 0 Å². The average molecular weight is 142 g/mol. The highest BCUT2D eigenvalue weighted by Crippen LogP contribution is 1.90. The zero-order valence-electron chi connectivity index (χ0n) is 5.56. The molecular formula is C5H10N4O. The lowest BCUT2D eigenvalue weighted by Crippen LogP contribution is -2.01. The van der Waals surface area contributed by atoms with Crippen molar-refractivity contribution in [3.63, 3.8) is 0 Å². The highest BCUT2D eigenvalue weighted by atomic mass is 16.3. The van der Waals surface area contributed by atoms with E-state index in [2.05, 4.69) is 10.1 Å². The molecule has 0 aliphatic rings. The van der Waals surface area contributed by atoms with E-state index in [4.69, 9.17) is 10.8 Å². The second kappa shape index (κ2) is 3.17. The molecule has 0 unspecified atom stereocenters. The Morgan fingerprint density at radius 1 is 1.70 bits per heavy atom. The molecule has 5 heteroatoms. The lowest BCUT2D eigenvalue weighted by atomic mass is 10.5. The lowest BCUT2D eigenvalue weighted by Gasteiger charge is -1.94. The maximum atomic E-state index is 8.44. The van der Waals surface area contributed by atoms with Gasteiger partial charge in [0.05, 0.1) is 0 Å². The van der Waals surface area contributed by atoms with Crippen LogP contribution in [0.5, 0.6) is 0 Å². The zero-order valence-corrected chi connectivity index (χ0v) is 5.56. The second-order valence-corrected chi connectivity index (χ2v) is 1.94. The van der Waals surface area contributed by atoms with Gasteiger partial charge in [-0.2, -0.15) is 0 Å². The van der Waals surface area contributed by atoms with E-state index in [1.807, 2.05) is 0 Å². The van der Waals surface area contributed by atoms with Crippen LogP contribution in [0.1, 0.15) is 6.42 Å². The molecule has 0 aliphatic heterocycles. The van der Waals surface area contributed by atoms with Crippen molar-refractivity contribution in [2.75, 3.05) is 12.3 Å². The van der Waals surface area contributed by atoms with Crippen molar-refractivity contribution in [2.24, 2.45) is 0 Å². The lowest BCUT2D eigenvalue weighted by molar-refractivity contribution is 0.277. The summed E-state index contributed by atoms with van der Waals surface area (Å²) in [6, 6.07) is 0. The molecule has 5 nitrogen and oxygen atoms in total. The van der Waals surface area contributed by atoms with Crippen molar-refractivity contribution in [1.82, 2.24) is 14.8 Å². The van der Waals surface area contributed by atoms with Crippen LogP contribution in [-0.2, 0) is 6.54 Å². The molecule has 0 aliphatic carbocycles. The smallest absolute Gasteiger partial charge is 0.239 e. The van der Waals surface area contributed by atoms with Gasteiger partial charge in [-0.1, -0.05) is 0 Å². The molecule has 10 heavy (non-hydrogen) atoms. The number of aryl methyl sites for hydroxylation is 1. The Bertz CT molecular complexity index is 197. The predicted octanol–water partition coefficient (Wildman–Crippen LogP) is -0.757. The van der Waals surface area contributed by atoms with E-state index in [1.54, 1.807) is 11.0 Å². The Kier molecular flexibility index (Phi) is 2.22. The molecule has 0 saturated carbocycles. The fraction of sp³-hybridized carbons (Fsp3) is 0.600. The van der Waals surface area contributed by atoms with E-state index in [-0.39, 0.29) is 12.6 Å². The van der Waals surface area contributed by atoms with Crippen molar-refractivity contribution in [1.29, 1.82) is 0 Å². The van der Waals surface area contributed by atoms with Crippen LogP contribution in [0.3, 0.4) is 0 Å². The van der Waals surface area contributed by atoms with Crippen molar-refractivity contribution < 1.29 is 5.11 Å². The summed E-state index contributed by atoms with van der Waals surface area (Å²) < 4.78 is 1.60. The Morgan fingerprint density at radius 2 is 2.50 bits per heavy atom. The third-order valence-corrected chi connectivity index (χ3v) is 1.10. The number of aliphatic hydroxyl groups excluding tert-OH is 1. The van der Waals surface area contributed by atoms with E-state index >= 15 is 0 Å². The summed E-state index contributed by atoms with van der Waals surface area (Å²) in [5, 5.41) is 12.3. The summed E-state index contributed by atoms with van der Waals surface area (Å²) in [6.07, 6.45) is 2.23. The first kappa shape index (κ1) is 7.01. The summed E-state index contributed by atoms with van der Waals surface area (Å²) in [7, 11) is 0. The van der Waals surface area contributed by atoms with Gasteiger partial charge in [0.1, 0.15) is 6.33 Å². The number of hydrogen-bond donors (Lipinski definition) is 2. The number of nitrogens with two attached hydrogens (primary N) is 1. The molecule has 0 bridgehead atoms. The van der Waals surface area contributed by atoms with Gasteiger partial charge >= 0.3 is 0 Å². The molecule has 0 amide bonds. The zero-order chi connectivity index (χ0) is 7.40. The van der Waals surface area contributed by atoms with Crippen LogP contribution >= 0.6 is 0 Å². The standard InChI is InChI=1S/C5H10N4O/c6-5-7-4-9(8-5)2-1-3-10/h4,10H,1-3H2,(H2,6,8). The first-order valence-electron chi connectivity index (χ1n) is 3.08. The average Bonchev–Trinajstić information content (AvgIpc) is 2.31. The van der Waals surface area contributed by atoms with E-state index in [0.717, 1.165) is 0 Å². The normalized spacial score (nSPS) is 10.1. The number of rotatable bonds is 3. The number of nitrogens with zero attached hydrogens (tertiary/aromatic N) is 3. The topological polar surface area (TPSA) is 77.0 Å². The van der Waals surface area contributed by atoms with Gasteiger partial charge in [-0.25, -0.2) is 4.98 Å². The van der Waals surface area contributed by atoms with Crippen molar-refractivity contribution >= 4 is 5.95 Å². The molecule has 0 aromatic carbocycles. The van der Waals surface area contributed by atoms with Gasteiger partial charge in [0, 0.05) is 13.2 Å². The summed E-state index contributed by atoms with van der Waals surface area (Å²) in [5.74, 6) is 0.276. The summed E-state index contributed by atoms with van der Waals surface area (Å²) in [4.78, 5) is 3.72. The van der Waals surface area contributed by atoms with Crippen LogP contribution in [0.15, 0.2) is 6.33 Å². The van der Waals surface area contributed by atoms with E-state index in [1.165, 1.54) is 0 Å². The Labute approximate surface area is 58.5 Å². The SMILES string of the molecule is Nc1ncn(CCCO)n1. The summed E-state index contributed by atoms with van der Waals surface area (Å²) in [5.41, 5.74) is 5.24. The number of anilines is 1. The van der Waals surface area contributed by atoms with Crippen molar-refractivity contribution in [3.05, 3.63) is 6.33 Å². The summed E-state index contributed by atoms with van der Waals surface area (Å²) in [6.45, 7) is 0.834. The minimum Gasteiger partial charge on any atom is -0.396 e. The molecule has 56 valence electrons. The molecule has 0 fully saturated rings. The van der Waals surface area contributed by atoms with Crippen LogP contribution in [0.2, 0.25) is 0 Å². The van der Waals surface area contributed by atoms with Gasteiger partial charge in [-0.3, -0.25) is 4.68 Å². The molecule has 0 saturated heterocycles. The predicted molar refractivity (Wildman–Crippen MR) is 36.1 cm³/mol. The van der Waals surface area contributed by atoms with Crippen LogP contribution < -0.4 is 5.73 Å². The van der Waals surface area contributed by atoms with Gasteiger partial charge < -0.3 is 10.8 Å². The highest BCUT2D eigenvalue weighted by molar-refractivity contribution is 5.08. The third kappa shape index (κ3) is 1.70. The van der Waals surface area contributed by atoms with E-state index in [9.17, 15) is 0 Å². The Morgan fingerprint density at radius 3 is 3.00 bits per heavy atom. The molecule has 1 heterocycles. The molecule has 0 atom stereocenters. The number of hydrogen-bond acceptors (Lipinski definition) is 4. The van der Waals surface area contributed by atoms with Crippen LogP contribution in [-0.4, -0.2) is 26.5 Å². The Balaban J connectivity index is 2.42. The van der Waals surface area contributed by atoms with Crippen molar-refractivity contribution in [2.45, 2.75) is 13.0 Å². The van der Waals surface area contributed by atoms with Crippen LogP contribution in [0, 0.1) is 0 Å². The largest absolute Gasteiger partial charge is 0.396 e. The maximum absolute atomic E-state index is 8.44. The van der Waals surface area contributed by atoms with E-state index in [0.29, 0.717) is 13.0 Å². The van der Waals surface area contributed by atoms with Gasteiger partial charge in [0.15, 0.2) is 0 Å². The monoisotopic (exact) mass is 142 g/mol. The van der Waals surface area contributed by atoms with Crippen LogP contribution in [0.4, 0.5) is 5.95 Å². The van der Waals surface area contributed by atoms with Gasteiger partial charge in [-0.15, -0.1) is 5.10 Å². The van der Waals surface area contributed by atoms with Crippen LogP contribution in [0.25, 0.3) is 0 Å². The first-order valence-corrected chi connectivity index (χ1v) is 3.08. The van der Waals surface area contributed by atoms with Gasteiger partial charge in [0.2, 0.25) is 5.95 Å². The number of aromatic nitrogens is 3. The second-order valence-electron chi connectivity index (χ2n) is 1.94. The molecular weight excluding hydrogens is 132 g/mol. The minimum atomic E-state index is 0.166. The first-order chi connectivity index (χ1) is 4.83. The number of aliphatic hydroxyl groups is 1. The molecule has 0 spiro atoms. The molecule has 1 rings (SSSR count). The molecule has 3 N–H and O–H groups in total.